The molecule has 284 valence electrons. The molecule has 2 N–H and O–H groups in total. The number of nitrogens with one attached hydrogen (secondary N) is 1. The number of rotatable bonds is 12. The van der Waals surface area contributed by atoms with Crippen molar-refractivity contribution in [1.29, 1.82) is 0 Å². The van der Waals surface area contributed by atoms with Gasteiger partial charge in [-0.1, -0.05) is 19.8 Å². The Labute approximate surface area is 303 Å². The molecule has 1 aromatic heterocycles. The van der Waals surface area contributed by atoms with Gasteiger partial charge in [0, 0.05) is 55.0 Å². The van der Waals surface area contributed by atoms with Gasteiger partial charge < -0.3 is 19.7 Å². The molecular formula is C39H41F6N3O5. The zero-order chi connectivity index (χ0) is 38.9. The number of hydrogen-bond donors (Lipinski definition) is 2. The van der Waals surface area contributed by atoms with E-state index in [0.717, 1.165) is 35.4 Å². The van der Waals surface area contributed by atoms with E-state index in [2.05, 4.69) is 17.2 Å². The van der Waals surface area contributed by atoms with Crippen LogP contribution >= 0.6 is 0 Å². The third-order valence-electron chi connectivity index (χ3n) is 9.64. The van der Waals surface area contributed by atoms with Crippen LogP contribution in [-0.4, -0.2) is 58.3 Å². The van der Waals surface area contributed by atoms with Crippen LogP contribution in [0, 0.1) is 49.1 Å². The maximum absolute atomic E-state index is 16.8. The van der Waals surface area contributed by atoms with Crippen molar-refractivity contribution < 1.29 is 45.8 Å². The number of pyridine rings is 1. The molecule has 6 rings (SSSR count). The molecule has 3 aliphatic heterocycles. The smallest absolute Gasteiger partial charge is 0.416 e. The summed E-state index contributed by atoms with van der Waals surface area (Å²) in [4.78, 5) is 41.5. The lowest BCUT2D eigenvalue weighted by molar-refractivity contribution is -0.180. The third kappa shape index (κ3) is 8.79. The molecule has 4 atom stereocenters. The van der Waals surface area contributed by atoms with Crippen molar-refractivity contribution in [2.45, 2.75) is 90.8 Å². The van der Waals surface area contributed by atoms with Gasteiger partial charge in [-0.05, 0) is 80.0 Å². The van der Waals surface area contributed by atoms with Gasteiger partial charge in [0.15, 0.2) is 0 Å². The van der Waals surface area contributed by atoms with Crippen LogP contribution in [0.3, 0.4) is 0 Å². The molecule has 0 saturated carbocycles. The van der Waals surface area contributed by atoms with Gasteiger partial charge in [0.2, 0.25) is 5.91 Å². The Kier molecular flexibility index (Phi) is 11.8. The summed E-state index contributed by atoms with van der Waals surface area (Å²) < 4.78 is 96.0. The summed E-state index contributed by atoms with van der Waals surface area (Å²) in [7, 11) is 0. The topological polar surface area (TPSA) is 101 Å². The van der Waals surface area contributed by atoms with Gasteiger partial charge in [0.05, 0.1) is 30.2 Å². The number of carboxylic acids is 1. The Morgan fingerprint density at radius 3 is 2.21 bits per heavy atom. The minimum absolute atomic E-state index is 0.0212. The van der Waals surface area contributed by atoms with Gasteiger partial charge in [0.1, 0.15) is 23.5 Å². The summed E-state index contributed by atoms with van der Waals surface area (Å²) in [5.74, 6) is -0.690. The highest BCUT2D eigenvalue weighted by Crippen LogP contribution is 2.39. The maximum atomic E-state index is 16.8. The molecule has 2 bridgehead atoms. The number of amides is 1. The summed E-state index contributed by atoms with van der Waals surface area (Å²) in [6, 6.07) is 0.335. The Morgan fingerprint density at radius 2 is 1.66 bits per heavy atom. The molecule has 0 spiro atoms. The number of aliphatic carboxylic acids is 1. The number of piperidine rings is 1. The average Bonchev–Trinajstić information content (AvgIpc) is 3.03. The zero-order valence-corrected chi connectivity index (χ0v) is 30.0. The van der Waals surface area contributed by atoms with Gasteiger partial charge in [-0.15, -0.1) is 5.92 Å². The molecule has 8 nitrogen and oxygen atoms in total. The first-order valence-corrected chi connectivity index (χ1v) is 17.3. The highest BCUT2D eigenvalue weighted by Gasteiger charge is 2.40. The average molecular weight is 746 g/mol. The van der Waals surface area contributed by atoms with E-state index in [1.165, 1.54) is 20.8 Å². The predicted molar refractivity (Wildman–Crippen MR) is 185 cm³/mol. The molecule has 2 aromatic carbocycles. The van der Waals surface area contributed by atoms with Crippen LogP contribution in [0.2, 0.25) is 0 Å². The van der Waals surface area contributed by atoms with Crippen molar-refractivity contribution in [1.82, 2.24) is 14.8 Å². The summed E-state index contributed by atoms with van der Waals surface area (Å²) >= 11 is 0. The fourth-order valence-corrected chi connectivity index (χ4v) is 7.40. The first kappa shape index (κ1) is 39.6. The van der Waals surface area contributed by atoms with Gasteiger partial charge in [-0.2, -0.15) is 13.2 Å². The van der Waals surface area contributed by atoms with E-state index in [1.54, 1.807) is 13.8 Å². The molecule has 14 heteroatoms. The first-order valence-electron chi connectivity index (χ1n) is 17.3. The lowest BCUT2D eigenvalue weighted by Gasteiger charge is -2.47. The Balaban J connectivity index is 1.57. The van der Waals surface area contributed by atoms with E-state index in [4.69, 9.17) is 4.74 Å². The number of nitrogens with zero attached hydrogens (tertiary/aromatic N) is 2. The van der Waals surface area contributed by atoms with Gasteiger partial charge >= 0.3 is 12.1 Å². The van der Waals surface area contributed by atoms with E-state index in [-0.39, 0.29) is 70.9 Å². The zero-order valence-electron chi connectivity index (χ0n) is 30.0. The standard InChI is InChI=1S/C39H41F6N3O5/c1-6-7-23-13-29(41)36(37(42)35(23)34-21(4)11-25(40)12-22(34)5)30(16-33(50)51)46-38(52)31(10-20(2)3)48-17-24(28(15-32(48)49)39(43,44)45)8-9-47-18-26-14-27(19-47)53-26/h11-13,15,17,20,26-27,30-31H,8-10,14,16,18-19H2,1-5H3,(H,46,52)(H,50,51)/t26?,27?,30-,31-/m0/s1. The number of fused-ring (bicyclic) bond motifs is 2. The van der Waals surface area contributed by atoms with Crippen molar-refractivity contribution >= 4 is 11.9 Å². The molecule has 4 heterocycles. The van der Waals surface area contributed by atoms with Crippen molar-refractivity contribution in [3.8, 4) is 23.0 Å². The number of halogens is 6. The third-order valence-corrected chi connectivity index (χ3v) is 9.64. The van der Waals surface area contributed by atoms with Crippen molar-refractivity contribution in [3.05, 3.63) is 91.6 Å². The SMILES string of the molecule is CC#Cc1cc(F)c([C@H](CC(=O)O)NC(=O)[C@H](CC(C)C)n2cc(CCN3CC4CC(C3)O4)c(C(F)(F)F)cc2=O)c(F)c1-c1c(C)cc(F)cc1C. The minimum atomic E-state index is -4.87. The molecule has 3 fully saturated rings. The summed E-state index contributed by atoms with van der Waals surface area (Å²) in [5.41, 5.74) is -2.85. The fraction of sp³-hybridized carbons (Fsp3) is 0.462. The second-order valence-corrected chi connectivity index (χ2v) is 14.2. The molecule has 2 unspecified atom stereocenters. The van der Waals surface area contributed by atoms with Crippen molar-refractivity contribution in [3.63, 3.8) is 0 Å². The van der Waals surface area contributed by atoms with Gasteiger partial charge in [0.25, 0.3) is 5.56 Å². The van der Waals surface area contributed by atoms with Crippen molar-refractivity contribution in [2.75, 3.05) is 19.6 Å². The molecule has 0 aliphatic carbocycles. The quantitative estimate of drug-likeness (QED) is 0.155. The largest absolute Gasteiger partial charge is 0.481 e. The summed E-state index contributed by atoms with van der Waals surface area (Å²) in [5, 5.41) is 12.2. The van der Waals surface area contributed by atoms with Crippen LogP contribution in [0.4, 0.5) is 26.3 Å². The van der Waals surface area contributed by atoms with Gasteiger partial charge in [-0.3, -0.25) is 19.3 Å². The molecular weight excluding hydrogens is 704 g/mol. The highest BCUT2D eigenvalue weighted by atomic mass is 19.4. The fourth-order valence-electron chi connectivity index (χ4n) is 7.40. The molecule has 3 aliphatic rings. The number of benzene rings is 2. The van der Waals surface area contributed by atoms with Crippen molar-refractivity contribution in [2.24, 2.45) is 5.92 Å². The minimum Gasteiger partial charge on any atom is -0.481 e. The maximum Gasteiger partial charge on any atom is 0.416 e. The summed E-state index contributed by atoms with van der Waals surface area (Å²) in [6.45, 7) is 9.25. The van der Waals surface area contributed by atoms with Crippen LogP contribution in [0.1, 0.15) is 85.5 Å². The second kappa shape index (κ2) is 15.8. The number of alkyl halides is 3. The van der Waals surface area contributed by atoms with Crippen LogP contribution in [0.15, 0.2) is 35.3 Å². The molecule has 53 heavy (non-hydrogen) atoms. The predicted octanol–water partition coefficient (Wildman–Crippen LogP) is 6.87. The highest BCUT2D eigenvalue weighted by molar-refractivity contribution is 5.83. The Hall–Kier alpha value is -4.61. The number of carbonyl (C=O) groups excluding carboxylic acids is 1. The van der Waals surface area contributed by atoms with E-state index in [9.17, 15) is 37.1 Å². The number of carboxylic acid groups (broad SMARTS) is 1. The molecule has 3 aromatic rings. The van der Waals surface area contributed by atoms with Crippen LogP contribution in [0.25, 0.3) is 11.1 Å². The van der Waals surface area contributed by atoms with Crippen LogP contribution in [0.5, 0.6) is 0 Å². The molecule has 1 amide bonds. The lowest BCUT2D eigenvalue weighted by atomic mass is 9.88. The number of aromatic nitrogens is 1. The van der Waals surface area contributed by atoms with E-state index in [0.29, 0.717) is 19.2 Å². The number of hydrogen-bond acceptors (Lipinski definition) is 5. The molecule has 0 radical (unpaired) electrons. The normalized spacial score (nSPS) is 18.2. The van der Waals surface area contributed by atoms with Crippen LogP contribution in [-0.2, 0) is 26.9 Å². The number of ether oxygens (including phenoxy) is 1. The lowest BCUT2D eigenvalue weighted by Crippen LogP contribution is -2.57. The monoisotopic (exact) mass is 745 g/mol. The van der Waals surface area contributed by atoms with E-state index < -0.39 is 70.7 Å². The number of morpholine rings is 1. The summed E-state index contributed by atoms with van der Waals surface area (Å²) in [6.07, 6.45) is -4.11. The molecule has 3 saturated heterocycles. The first-order chi connectivity index (χ1) is 24.9. The van der Waals surface area contributed by atoms with E-state index >= 15 is 8.78 Å². The van der Waals surface area contributed by atoms with E-state index in [1.807, 2.05) is 4.90 Å². The second-order valence-electron chi connectivity index (χ2n) is 14.2. The Bertz CT molecular complexity index is 1990. The number of aryl methyl sites for hydroxylation is 2. The van der Waals surface area contributed by atoms with Gasteiger partial charge in [-0.25, -0.2) is 13.2 Å². The number of carbonyl (C=O) groups is 2. The Morgan fingerprint density at radius 1 is 1.04 bits per heavy atom. The van der Waals surface area contributed by atoms with Crippen LogP contribution < -0.4 is 10.9 Å².